The fourth-order valence-corrected chi connectivity index (χ4v) is 5.83. The Morgan fingerprint density at radius 1 is 1.11 bits per heavy atom. The van der Waals surface area contributed by atoms with Crippen molar-refractivity contribution in [3.63, 3.8) is 0 Å². The van der Waals surface area contributed by atoms with Crippen molar-refractivity contribution >= 4 is 72.9 Å². The molecule has 10 nitrogen and oxygen atoms in total. The highest BCUT2D eigenvalue weighted by Crippen LogP contribution is 2.26. The van der Waals surface area contributed by atoms with Gasteiger partial charge < -0.3 is 15.6 Å². The number of benzene rings is 2. The first kappa shape index (κ1) is 24.7. The number of aromatic nitrogens is 2. The van der Waals surface area contributed by atoms with Gasteiger partial charge in [-0.3, -0.25) is 4.79 Å². The zero-order valence-electron chi connectivity index (χ0n) is 17.5. The molecule has 0 fully saturated rings. The lowest BCUT2D eigenvalue weighted by atomic mass is 10.2. The Labute approximate surface area is 210 Å². The molecular formula is C20H14Cl2FN5O5S2. The number of carbonyl (C=O) groups is 1. The highest BCUT2D eigenvalue weighted by Gasteiger charge is 2.21. The average Bonchev–Trinajstić information content (AvgIpc) is 3.22. The van der Waals surface area contributed by atoms with Gasteiger partial charge in [0.25, 0.3) is 15.6 Å². The van der Waals surface area contributed by atoms with Gasteiger partial charge in [-0.25, -0.2) is 31.7 Å². The Kier molecular flexibility index (Phi) is 6.60. The van der Waals surface area contributed by atoms with Gasteiger partial charge >= 0.3 is 11.7 Å². The van der Waals surface area contributed by atoms with Crippen LogP contribution in [0.4, 0.5) is 20.6 Å². The van der Waals surface area contributed by atoms with E-state index in [1.807, 2.05) is 0 Å². The average molecular weight is 558 g/mol. The second-order valence-electron chi connectivity index (χ2n) is 6.98. The van der Waals surface area contributed by atoms with Crippen LogP contribution in [0.2, 0.25) is 9.36 Å². The van der Waals surface area contributed by atoms with Crippen LogP contribution in [0.15, 0.2) is 56.3 Å². The summed E-state index contributed by atoms with van der Waals surface area (Å²) in [5, 5.41) is 5.27. The molecule has 0 bridgehead atoms. The van der Waals surface area contributed by atoms with E-state index >= 15 is 0 Å². The molecule has 4 N–H and O–H groups in total. The van der Waals surface area contributed by atoms with E-state index in [0.29, 0.717) is 10.3 Å². The maximum atomic E-state index is 14.9. The molecule has 2 heterocycles. The molecule has 182 valence electrons. The smallest absolute Gasteiger partial charge is 0.333 e. The molecule has 2 amide bonds. The SMILES string of the molecule is CNc1cc2[nH]c(=O)n(-c3ccc(NC(=O)NS(=O)(=O)c4ccc(Cl)s4)cc3F)c(=O)c2cc1Cl. The van der Waals surface area contributed by atoms with Crippen LogP contribution in [0.1, 0.15) is 0 Å². The fourth-order valence-electron chi connectivity index (χ4n) is 3.18. The molecule has 0 aliphatic heterocycles. The van der Waals surface area contributed by atoms with Crippen molar-refractivity contribution in [2.75, 3.05) is 17.7 Å². The molecule has 2 aromatic heterocycles. The topological polar surface area (TPSA) is 142 Å². The van der Waals surface area contributed by atoms with Crippen LogP contribution in [0.25, 0.3) is 16.6 Å². The van der Waals surface area contributed by atoms with Crippen molar-refractivity contribution in [1.29, 1.82) is 0 Å². The van der Waals surface area contributed by atoms with Crippen LogP contribution < -0.4 is 26.6 Å². The van der Waals surface area contributed by atoms with Crippen LogP contribution >= 0.6 is 34.5 Å². The number of anilines is 2. The quantitative estimate of drug-likeness (QED) is 0.294. The van der Waals surface area contributed by atoms with E-state index in [1.54, 1.807) is 11.8 Å². The standard InChI is InChI=1S/C20H14Cl2FN5O5S2/c1-24-14-8-13-10(7-11(14)21)18(29)28(20(31)26-13)15-3-2-9(6-12(15)23)25-19(30)27-35(32,33)17-5-4-16(22)34-17/h2-8,24H,1H3,(H,26,31)(H2,25,27,30). The molecule has 0 atom stereocenters. The third-order valence-electron chi connectivity index (χ3n) is 4.74. The van der Waals surface area contributed by atoms with Crippen molar-refractivity contribution in [3.05, 3.63) is 78.5 Å². The largest absolute Gasteiger partial charge is 0.387 e. The Morgan fingerprint density at radius 3 is 2.49 bits per heavy atom. The Balaban J connectivity index is 1.64. The van der Waals surface area contributed by atoms with E-state index in [9.17, 15) is 27.2 Å². The van der Waals surface area contributed by atoms with Gasteiger partial charge in [0, 0.05) is 12.7 Å². The van der Waals surface area contributed by atoms with Gasteiger partial charge in [0.15, 0.2) is 0 Å². The molecule has 0 aliphatic carbocycles. The third kappa shape index (κ3) is 4.89. The van der Waals surface area contributed by atoms with E-state index in [2.05, 4.69) is 15.6 Å². The molecule has 2 aromatic carbocycles. The van der Waals surface area contributed by atoms with Gasteiger partial charge in [0.2, 0.25) is 0 Å². The number of fused-ring (bicyclic) bond motifs is 1. The van der Waals surface area contributed by atoms with Crippen molar-refractivity contribution in [2.24, 2.45) is 0 Å². The Bertz CT molecular complexity index is 1720. The number of nitrogens with one attached hydrogen (secondary N) is 4. The van der Waals surface area contributed by atoms with Gasteiger partial charge in [0.05, 0.1) is 31.6 Å². The molecule has 0 unspecified atom stereocenters. The predicted octanol–water partition coefficient (Wildman–Crippen LogP) is 3.74. The summed E-state index contributed by atoms with van der Waals surface area (Å²) in [6, 6.07) is 7.36. The van der Waals surface area contributed by atoms with Gasteiger partial charge in [-0.05, 0) is 42.5 Å². The molecule has 0 spiro atoms. The summed E-state index contributed by atoms with van der Waals surface area (Å²) in [4.78, 5) is 40.2. The fraction of sp³-hybridized carbons (Fsp3) is 0.0500. The van der Waals surface area contributed by atoms with Gasteiger partial charge in [0.1, 0.15) is 10.0 Å². The summed E-state index contributed by atoms with van der Waals surface area (Å²) in [7, 11) is -2.57. The van der Waals surface area contributed by atoms with Crippen LogP contribution in [0, 0.1) is 5.82 Å². The van der Waals surface area contributed by atoms with Crippen molar-refractivity contribution in [3.8, 4) is 5.69 Å². The number of amides is 2. The molecule has 0 aliphatic rings. The molecule has 0 saturated heterocycles. The lowest BCUT2D eigenvalue weighted by molar-refractivity contribution is 0.256. The monoisotopic (exact) mass is 557 g/mol. The summed E-state index contributed by atoms with van der Waals surface area (Å²) in [6.45, 7) is 0. The lowest BCUT2D eigenvalue weighted by Gasteiger charge is -2.11. The lowest BCUT2D eigenvalue weighted by Crippen LogP contribution is -2.35. The number of nitrogens with zero attached hydrogens (tertiary/aromatic N) is 1. The number of halogens is 3. The minimum Gasteiger partial charge on any atom is -0.387 e. The molecule has 0 radical (unpaired) electrons. The van der Waals surface area contributed by atoms with E-state index in [-0.39, 0.29) is 30.2 Å². The maximum absolute atomic E-state index is 14.9. The summed E-state index contributed by atoms with van der Waals surface area (Å²) in [5.41, 5.74) is -1.55. The predicted molar refractivity (Wildman–Crippen MR) is 133 cm³/mol. The number of sulfonamides is 1. The minimum atomic E-state index is -4.19. The first-order valence-corrected chi connectivity index (χ1v) is 12.6. The second-order valence-corrected chi connectivity index (χ2v) is 11.0. The highest BCUT2D eigenvalue weighted by atomic mass is 35.5. The van der Waals surface area contributed by atoms with Gasteiger partial charge in [-0.2, -0.15) is 0 Å². The maximum Gasteiger partial charge on any atom is 0.333 e. The molecule has 4 rings (SSSR count). The first-order chi connectivity index (χ1) is 16.5. The number of H-pyrrole nitrogens is 1. The summed E-state index contributed by atoms with van der Waals surface area (Å²) < 4.78 is 41.7. The summed E-state index contributed by atoms with van der Waals surface area (Å²) in [6.07, 6.45) is 0. The first-order valence-electron chi connectivity index (χ1n) is 9.55. The molecule has 15 heteroatoms. The number of thiophene rings is 1. The van der Waals surface area contributed by atoms with Crippen LogP contribution in [0.5, 0.6) is 0 Å². The zero-order valence-corrected chi connectivity index (χ0v) is 20.6. The van der Waals surface area contributed by atoms with Gasteiger partial charge in [-0.1, -0.05) is 23.2 Å². The van der Waals surface area contributed by atoms with E-state index in [4.69, 9.17) is 23.2 Å². The Hall–Kier alpha value is -3.39. The van der Waals surface area contributed by atoms with Gasteiger partial charge in [-0.15, -0.1) is 11.3 Å². The molecule has 4 aromatic rings. The number of rotatable bonds is 5. The van der Waals surface area contributed by atoms with Crippen molar-refractivity contribution < 1.29 is 17.6 Å². The van der Waals surface area contributed by atoms with Crippen LogP contribution in [-0.4, -0.2) is 31.0 Å². The Morgan fingerprint density at radius 2 is 1.86 bits per heavy atom. The van der Waals surface area contributed by atoms with E-state index in [0.717, 1.165) is 23.5 Å². The van der Waals surface area contributed by atoms with E-state index < -0.39 is 38.8 Å². The number of hydrogen-bond donors (Lipinski definition) is 4. The van der Waals surface area contributed by atoms with Crippen molar-refractivity contribution in [1.82, 2.24) is 14.3 Å². The highest BCUT2D eigenvalue weighted by molar-refractivity contribution is 7.92. The second kappa shape index (κ2) is 9.34. The summed E-state index contributed by atoms with van der Waals surface area (Å²) in [5.74, 6) is -1.03. The van der Waals surface area contributed by atoms with Crippen LogP contribution in [-0.2, 0) is 10.0 Å². The molecule has 35 heavy (non-hydrogen) atoms. The number of carbonyl (C=O) groups excluding carboxylic acids is 1. The number of aromatic amines is 1. The normalized spacial score (nSPS) is 11.4. The third-order valence-corrected chi connectivity index (χ3v) is 8.11. The van der Waals surface area contributed by atoms with E-state index in [1.165, 1.54) is 30.3 Å². The zero-order chi connectivity index (χ0) is 25.5. The molecule has 0 saturated carbocycles. The number of urea groups is 1. The van der Waals surface area contributed by atoms with Crippen LogP contribution in [0.3, 0.4) is 0 Å². The summed E-state index contributed by atoms with van der Waals surface area (Å²) >= 11 is 12.6. The van der Waals surface area contributed by atoms with Crippen molar-refractivity contribution in [2.45, 2.75) is 4.21 Å². The molecular weight excluding hydrogens is 544 g/mol. The number of hydrogen-bond acceptors (Lipinski definition) is 7. The minimum absolute atomic E-state index is 0.0495.